The van der Waals surface area contributed by atoms with Crippen molar-refractivity contribution in [2.75, 3.05) is 13.2 Å². The Labute approximate surface area is 119 Å². The predicted molar refractivity (Wildman–Crippen MR) is 77.1 cm³/mol. The Balaban J connectivity index is 2.49. The van der Waals surface area contributed by atoms with E-state index in [0.29, 0.717) is 13.0 Å². The van der Waals surface area contributed by atoms with Gasteiger partial charge in [0.05, 0.1) is 6.04 Å². The van der Waals surface area contributed by atoms with E-state index in [4.69, 9.17) is 5.11 Å². The number of hydrogen-bond acceptors (Lipinski definition) is 3. The normalized spacial score (nSPS) is 11.8. The second kappa shape index (κ2) is 8.32. The van der Waals surface area contributed by atoms with Gasteiger partial charge in [0.2, 0.25) is 0 Å². The van der Waals surface area contributed by atoms with E-state index in [9.17, 15) is 9.59 Å². The third kappa shape index (κ3) is 5.01. The molecule has 0 heterocycles. The molecule has 5 nitrogen and oxygen atoms in total. The van der Waals surface area contributed by atoms with Crippen molar-refractivity contribution >= 4 is 11.8 Å². The van der Waals surface area contributed by atoms with Crippen LogP contribution in [0.15, 0.2) is 24.3 Å². The van der Waals surface area contributed by atoms with Crippen LogP contribution in [-0.4, -0.2) is 30.1 Å². The van der Waals surface area contributed by atoms with Gasteiger partial charge >= 0.3 is 11.8 Å². The molecule has 0 aliphatic heterocycles. The van der Waals surface area contributed by atoms with Crippen LogP contribution >= 0.6 is 0 Å². The molecular formula is C15H22N2O3. The molecule has 1 aromatic carbocycles. The van der Waals surface area contributed by atoms with Crippen LogP contribution in [0.4, 0.5) is 0 Å². The number of nitrogens with one attached hydrogen (secondary N) is 2. The molecule has 0 fully saturated rings. The van der Waals surface area contributed by atoms with Gasteiger partial charge in [-0.2, -0.15) is 0 Å². The number of carbonyl (C=O) groups is 2. The Hall–Kier alpha value is -1.88. The number of aliphatic hydroxyl groups is 1. The standard InChI is InChI=1S/C15H22N2O3/c1-3-12-5-7-13(8-6-12)11(2)17-15(20)14(19)16-9-4-10-18/h5-8,11,18H,3-4,9-10H2,1-2H3,(H,16,19)(H,17,20). The van der Waals surface area contributed by atoms with Gasteiger partial charge in [0, 0.05) is 13.2 Å². The van der Waals surface area contributed by atoms with Crippen molar-refractivity contribution in [2.45, 2.75) is 32.7 Å². The third-order valence-electron chi connectivity index (χ3n) is 3.06. The monoisotopic (exact) mass is 278 g/mol. The first kappa shape index (κ1) is 16.2. The molecule has 1 atom stereocenters. The fraction of sp³-hybridized carbons (Fsp3) is 0.467. The number of aryl methyl sites for hydroxylation is 1. The average Bonchev–Trinajstić information content (AvgIpc) is 2.47. The van der Waals surface area contributed by atoms with E-state index in [-0.39, 0.29) is 12.6 Å². The van der Waals surface area contributed by atoms with Crippen molar-refractivity contribution in [1.82, 2.24) is 10.6 Å². The predicted octanol–water partition coefficient (Wildman–Crippen LogP) is 0.925. The molecule has 2 amide bonds. The Bertz CT molecular complexity index is 443. The van der Waals surface area contributed by atoms with E-state index < -0.39 is 11.8 Å². The highest BCUT2D eigenvalue weighted by molar-refractivity contribution is 6.35. The van der Waals surface area contributed by atoms with Gasteiger partial charge in [-0.15, -0.1) is 0 Å². The van der Waals surface area contributed by atoms with E-state index in [1.165, 1.54) is 5.56 Å². The molecule has 0 aromatic heterocycles. The Morgan fingerprint density at radius 1 is 1.20 bits per heavy atom. The first-order valence-corrected chi connectivity index (χ1v) is 6.86. The summed E-state index contributed by atoms with van der Waals surface area (Å²) in [4.78, 5) is 23.1. The Morgan fingerprint density at radius 2 is 1.85 bits per heavy atom. The quantitative estimate of drug-likeness (QED) is 0.535. The van der Waals surface area contributed by atoms with Crippen LogP contribution in [-0.2, 0) is 16.0 Å². The van der Waals surface area contributed by atoms with Crippen LogP contribution in [0, 0.1) is 0 Å². The topological polar surface area (TPSA) is 78.4 Å². The highest BCUT2D eigenvalue weighted by Crippen LogP contribution is 2.13. The van der Waals surface area contributed by atoms with Gasteiger partial charge in [-0.3, -0.25) is 9.59 Å². The van der Waals surface area contributed by atoms with Gasteiger partial charge in [-0.25, -0.2) is 0 Å². The lowest BCUT2D eigenvalue weighted by Crippen LogP contribution is -2.41. The molecule has 0 aliphatic rings. The van der Waals surface area contributed by atoms with Crippen LogP contribution < -0.4 is 10.6 Å². The maximum Gasteiger partial charge on any atom is 0.309 e. The zero-order valence-electron chi connectivity index (χ0n) is 12.0. The third-order valence-corrected chi connectivity index (χ3v) is 3.06. The SMILES string of the molecule is CCc1ccc(C(C)NC(=O)C(=O)NCCCO)cc1. The fourth-order valence-corrected chi connectivity index (χ4v) is 1.75. The van der Waals surface area contributed by atoms with Crippen molar-refractivity contribution in [1.29, 1.82) is 0 Å². The molecule has 20 heavy (non-hydrogen) atoms. The second-order valence-electron chi connectivity index (χ2n) is 4.62. The molecule has 1 rings (SSSR count). The molecule has 0 spiro atoms. The molecule has 0 bridgehead atoms. The van der Waals surface area contributed by atoms with Crippen molar-refractivity contribution < 1.29 is 14.7 Å². The number of carbonyl (C=O) groups excluding carboxylic acids is 2. The maximum absolute atomic E-state index is 11.7. The van der Waals surface area contributed by atoms with Crippen molar-refractivity contribution in [3.8, 4) is 0 Å². The lowest BCUT2D eigenvalue weighted by molar-refractivity contribution is -0.139. The summed E-state index contributed by atoms with van der Waals surface area (Å²) in [5, 5.41) is 13.7. The van der Waals surface area contributed by atoms with Gasteiger partial charge in [0.25, 0.3) is 0 Å². The Morgan fingerprint density at radius 3 is 2.40 bits per heavy atom. The van der Waals surface area contributed by atoms with E-state index >= 15 is 0 Å². The van der Waals surface area contributed by atoms with Gasteiger partial charge in [-0.1, -0.05) is 31.2 Å². The first-order chi connectivity index (χ1) is 9.58. The van der Waals surface area contributed by atoms with Crippen LogP contribution in [0.25, 0.3) is 0 Å². The van der Waals surface area contributed by atoms with Crippen LogP contribution in [0.5, 0.6) is 0 Å². The van der Waals surface area contributed by atoms with E-state index in [2.05, 4.69) is 17.6 Å². The summed E-state index contributed by atoms with van der Waals surface area (Å²) in [5.74, 6) is -1.33. The lowest BCUT2D eigenvalue weighted by Gasteiger charge is -2.14. The fourth-order valence-electron chi connectivity index (χ4n) is 1.75. The molecule has 5 heteroatoms. The number of amides is 2. The highest BCUT2D eigenvalue weighted by Gasteiger charge is 2.16. The van der Waals surface area contributed by atoms with Crippen molar-refractivity contribution in [2.24, 2.45) is 0 Å². The summed E-state index contributed by atoms with van der Waals surface area (Å²) in [5.41, 5.74) is 2.19. The molecule has 110 valence electrons. The van der Waals surface area contributed by atoms with Gasteiger partial charge < -0.3 is 15.7 Å². The smallest absolute Gasteiger partial charge is 0.309 e. The van der Waals surface area contributed by atoms with Crippen molar-refractivity contribution in [3.05, 3.63) is 35.4 Å². The summed E-state index contributed by atoms with van der Waals surface area (Å²) in [6.07, 6.45) is 1.40. The molecule has 0 aliphatic carbocycles. The minimum absolute atomic E-state index is 0.0118. The number of benzene rings is 1. The van der Waals surface area contributed by atoms with E-state index in [0.717, 1.165) is 12.0 Å². The minimum Gasteiger partial charge on any atom is -0.396 e. The largest absolute Gasteiger partial charge is 0.396 e. The van der Waals surface area contributed by atoms with Crippen LogP contribution in [0.1, 0.15) is 37.4 Å². The number of hydrogen-bond donors (Lipinski definition) is 3. The summed E-state index contributed by atoms with van der Waals surface area (Å²) in [6, 6.07) is 7.71. The number of rotatable bonds is 6. The van der Waals surface area contributed by atoms with Gasteiger partial charge in [0.15, 0.2) is 0 Å². The minimum atomic E-state index is -0.671. The first-order valence-electron chi connectivity index (χ1n) is 6.86. The molecule has 1 unspecified atom stereocenters. The van der Waals surface area contributed by atoms with Gasteiger partial charge in [0.1, 0.15) is 0 Å². The zero-order chi connectivity index (χ0) is 15.0. The summed E-state index contributed by atoms with van der Waals surface area (Å²) < 4.78 is 0. The van der Waals surface area contributed by atoms with Crippen LogP contribution in [0.2, 0.25) is 0 Å². The van der Waals surface area contributed by atoms with Crippen LogP contribution in [0.3, 0.4) is 0 Å². The van der Waals surface area contributed by atoms with E-state index in [1.54, 1.807) is 0 Å². The van der Waals surface area contributed by atoms with Gasteiger partial charge in [-0.05, 0) is 30.9 Å². The molecule has 0 saturated heterocycles. The summed E-state index contributed by atoms with van der Waals surface area (Å²) >= 11 is 0. The Kier molecular flexibility index (Phi) is 6.73. The average molecular weight is 278 g/mol. The molecular weight excluding hydrogens is 256 g/mol. The lowest BCUT2D eigenvalue weighted by atomic mass is 10.1. The second-order valence-corrected chi connectivity index (χ2v) is 4.62. The summed E-state index contributed by atoms with van der Waals surface area (Å²) in [7, 11) is 0. The molecule has 3 N–H and O–H groups in total. The summed E-state index contributed by atoms with van der Waals surface area (Å²) in [6.45, 7) is 4.20. The molecule has 0 radical (unpaired) electrons. The number of aliphatic hydroxyl groups excluding tert-OH is 1. The maximum atomic E-state index is 11.7. The zero-order valence-corrected chi connectivity index (χ0v) is 12.0. The van der Waals surface area contributed by atoms with E-state index in [1.807, 2.05) is 31.2 Å². The molecule has 0 saturated carbocycles. The van der Waals surface area contributed by atoms with Crippen molar-refractivity contribution in [3.63, 3.8) is 0 Å². The molecule has 1 aromatic rings. The highest BCUT2D eigenvalue weighted by atomic mass is 16.3.